The Bertz CT molecular complexity index is 521. The molecule has 1 atom stereocenters. The Morgan fingerprint density at radius 2 is 2.35 bits per heavy atom. The molecule has 114 valence electrons. The minimum atomic E-state index is -3.38. The summed E-state index contributed by atoms with van der Waals surface area (Å²) in [5.41, 5.74) is 0. The summed E-state index contributed by atoms with van der Waals surface area (Å²) in [4.78, 5) is 4.07. The van der Waals surface area contributed by atoms with Gasteiger partial charge in [0.2, 0.25) is 0 Å². The van der Waals surface area contributed by atoms with Crippen molar-refractivity contribution < 1.29 is 8.42 Å². The number of aryl methyl sites for hydroxylation is 1. The van der Waals surface area contributed by atoms with Crippen LogP contribution in [0.1, 0.15) is 31.2 Å². The molecule has 0 saturated carbocycles. The maximum Gasteiger partial charge on any atom is 0.254 e. The van der Waals surface area contributed by atoms with Crippen LogP contribution >= 0.6 is 11.3 Å². The molecule has 20 heavy (non-hydrogen) atoms. The van der Waals surface area contributed by atoms with Crippen LogP contribution in [0.5, 0.6) is 0 Å². The van der Waals surface area contributed by atoms with Crippen LogP contribution in [0, 0.1) is 12.8 Å². The van der Waals surface area contributed by atoms with Gasteiger partial charge in [-0.05, 0) is 45.2 Å². The Balaban J connectivity index is 2.14. The van der Waals surface area contributed by atoms with E-state index in [0.29, 0.717) is 23.2 Å². The highest BCUT2D eigenvalue weighted by Crippen LogP contribution is 2.24. The van der Waals surface area contributed by atoms with Crippen molar-refractivity contribution in [1.82, 2.24) is 14.6 Å². The van der Waals surface area contributed by atoms with Crippen LogP contribution in [0.15, 0.2) is 10.4 Å². The largest absolute Gasteiger partial charge is 0.316 e. The maximum absolute atomic E-state index is 12.7. The highest BCUT2D eigenvalue weighted by atomic mass is 32.2. The third-order valence-electron chi connectivity index (χ3n) is 3.53. The molecule has 1 aromatic rings. The number of aromatic nitrogens is 1. The lowest BCUT2D eigenvalue weighted by atomic mass is 10.00. The van der Waals surface area contributed by atoms with E-state index in [1.165, 1.54) is 17.5 Å². The van der Waals surface area contributed by atoms with E-state index in [1.807, 2.05) is 13.8 Å². The molecule has 1 saturated heterocycles. The van der Waals surface area contributed by atoms with Crippen molar-refractivity contribution in [3.05, 3.63) is 11.2 Å². The van der Waals surface area contributed by atoms with E-state index in [1.54, 1.807) is 4.31 Å². The maximum atomic E-state index is 12.7. The molecule has 1 aliphatic heterocycles. The topological polar surface area (TPSA) is 62.3 Å². The van der Waals surface area contributed by atoms with Crippen molar-refractivity contribution in [3.63, 3.8) is 0 Å². The van der Waals surface area contributed by atoms with Gasteiger partial charge in [0.1, 0.15) is 0 Å². The van der Waals surface area contributed by atoms with Gasteiger partial charge in [0.15, 0.2) is 4.21 Å². The van der Waals surface area contributed by atoms with E-state index in [0.717, 1.165) is 37.4 Å². The number of piperidine rings is 1. The molecule has 1 fully saturated rings. The Hall–Kier alpha value is -0.500. The molecule has 0 amide bonds. The van der Waals surface area contributed by atoms with Crippen molar-refractivity contribution in [2.75, 3.05) is 26.2 Å². The first-order valence-electron chi connectivity index (χ1n) is 7.17. The lowest BCUT2D eigenvalue weighted by Gasteiger charge is -2.29. The number of nitrogens with one attached hydrogen (secondary N) is 1. The van der Waals surface area contributed by atoms with E-state index in [9.17, 15) is 8.42 Å². The number of sulfonamides is 1. The average Bonchev–Trinajstić information content (AvgIpc) is 2.87. The number of thiazole rings is 1. The monoisotopic (exact) mass is 317 g/mol. The van der Waals surface area contributed by atoms with E-state index in [-0.39, 0.29) is 0 Å². The third kappa shape index (κ3) is 3.78. The van der Waals surface area contributed by atoms with Crippen molar-refractivity contribution in [3.8, 4) is 0 Å². The summed E-state index contributed by atoms with van der Waals surface area (Å²) in [5.74, 6) is 0.416. The van der Waals surface area contributed by atoms with Gasteiger partial charge < -0.3 is 5.32 Å². The molecule has 2 heterocycles. The minimum Gasteiger partial charge on any atom is -0.316 e. The lowest BCUT2D eigenvalue weighted by molar-refractivity contribution is 0.292. The molecule has 0 spiro atoms. The van der Waals surface area contributed by atoms with Gasteiger partial charge in [0.05, 0.1) is 11.2 Å². The second kappa shape index (κ2) is 6.98. The Morgan fingerprint density at radius 1 is 1.55 bits per heavy atom. The summed E-state index contributed by atoms with van der Waals surface area (Å²) in [7, 11) is -3.38. The standard InChI is InChI=1S/C13H23N3O2S2/c1-3-7-16(10-12-5-4-6-14-8-12)20(17,18)13-9-15-11(2)19-13/h9,12,14H,3-8,10H2,1-2H3. The van der Waals surface area contributed by atoms with Crippen LogP contribution in [-0.4, -0.2) is 43.9 Å². The molecule has 2 rings (SSSR count). The summed E-state index contributed by atoms with van der Waals surface area (Å²) in [5, 5.41) is 4.14. The predicted molar refractivity (Wildman–Crippen MR) is 81.5 cm³/mol. The quantitative estimate of drug-likeness (QED) is 0.870. The van der Waals surface area contributed by atoms with Gasteiger partial charge in [-0.25, -0.2) is 13.4 Å². The second-order valence-corrected chi connectivity index (χ2v) is 8.67. The van der Waals surface area contributed by atoms with Gasteiger partial charge in [-0.1, -0.05) is 6.92 Å². The Kier molecular flexibility index (Phi) is 5.54. The minimum absolute atomic E-state index is 0.368. The summed E-state index contributed by atoms with van der Waals surface area (Å²) in [6, 6.07) is 0. The molecule has 1 N–H and O–H groups in total. The lowest BCUT2D eigenvalue weighted by Crippen LogP contribution is -2.41. The first-order chi connectivity index (χ1) is 9.54. The van der Waals surface area contributed by atoms with Crippen LogP contribution in [0.4, 0.5) is 0 Å². The van der Waals surface area contributed by atoms with Crippen molar-refractivity contribution in [2.24, 2.45) is 5.92 Å². The van der Waals surface area contributed by atoms with Crippen molar-refractivity contribution in [1.29, 1.82) is 0 Å². The highest BCUT2D eigenvalue weighted by Gasteiger charge is 2.28. The fourth-order valence-electron chi connectivity index (χ4n) is 2.52. The molecule has 0 radical (unpaired) electrons. The third-order valence-corrected chi connectivity index (χ3v) is 6.74. The molecule has 5 nitrogen and oxygen atoms in total. The van der Waals surface area contributed by atoms with Crippen LogP contribution in [0.3, 0.4) is 0 Å². The summed E-state index contributed by atoms with van der Waals surface area (Å²) >= 11 is 1.25. The molecule has 0 aliphatic carbocycles. The zero-order valence-electron chi connectivity index (χ0n) is 12.1. The number of nitrogens with zero attached hydrogens (tertiary/aromatic N) is 2. The fourth-order valence-corrected chi connectivity index (χ4v) is 5.39. The van der Waals surface area contributed by atoms with Gasteiger partial charge in [0, 0.05) is 13.1 Å². The molecule has 0 aromatic carbocycles. The average molecular weight is 317 g/mol. The first-order valence-corrected chi connectivity index (χ1v) is 9.43. The van der Waals surface area contributed by atoms with E-state index in [4.69, 9.17) is 0 Å². The van der Waals surface area contributed by atoms with Gasteiger partial charge >= 0.3 is 0 Å². The molecule has 1 unspecified atom stereocenters. The van der Waals surface area contributed by atoms with Crippen LogP contribution in [-0.2, 0) is 10.0 Å². The van der Waals surface area contributed by atoms with E-state index < -0.39 is 10.0 Å². The normalized spacial score (nSPS) is 20.4. The highest BCUT2D eigenvalue weighted by molar-refractivity contribution is 7.91. The van der Waals surface area contributed by atoms with Gasteiger partial charge in [-0.3, -0.25) is 0 Å². The van der Waals surface area contributed by atoms with Crippen LogP contribution in [0.2, 0.25) is 0 Å². The van der Waals surface area contributed by atoms with Crippen LogP contribution in [0.25, 0.3) is 0 Å². The SMILES string of the molecule is CCCN(CC1CCCNC1)S(=O)(=O)c1cnc(C)s1. The van der Waals surface area contributed by atoms with Crippen molar-refractivity contribution >= 4 is 21.4 Å². The molecular weight excluding hydrogens is 294 g/mol. The Morgan fingerprint density at radius 3 is 2.90 bits per heavy atom. The smallest absolute Gasteiger partial charge is 0.254 e. The summed E-state index contributed by atoms with van der Waals surface area (Å²) in [6.07, 6.45) is 4.54. The van der Waals surface area contributed by atoms with Gasteiger partial charge in [0.25, 0.3) is 10.0 Å². The zero-order chi connectivity index (χ0) is 14.6. The fraction of sp³-hybridized carbons (Fsp3) is 0.769. The molecule has 1 aliphatic rings. The Labute approximate surface area is 125 Å². The first kappa shape index (κ1) is 15.9. The second-order valence-electron chi connectivity index (χ2n) is 5.27. The summed E-state index contributed by atoms with van der Waals surface area (Å²) in [6.45, 7) is 7.00. The van der Waals surface area contributed by atoms with E-state index >= 15 is 0 Å². The molecule has 1 aromatic heterocycles. The van der Waals surface area contributed by atoms with Crippen LogP contribution < -0.4 is 5.32 Å². The number of rotatable bonds is 6. The predicted octanol–water partition coefficient (Wildman–Crippen LogP) is 1.85. The van der Waals surface area contributed by atoms with Crippen molar-refractivity contribution in [2.45, 2.75) is 37.3 Å². The number of hydrogen-bond acceptors (Lipinski definition) is 5. The van der Waals surface area contributed by atoms with Gasteiger partial charge in [-0.15, -0.1) is 11.3 Å². The van der Waals surface area contributed by atoms with E-state index in [2.05, 4.69) is 10.3 Å². The summed E-state index contributed by atoms with van der Waals surface area (Å²) < 4.78 is 27.4. The molecule has 7 heteroatoms. The molecule has 0 bridgehead atoms. The zero-order valence-corrected chi connectivity index (χ0v) is 13.8. The van der Waals surface area contributed by atoms with Gasteiger partial charge in [-0.2, -0.15) is 4.31 Å². The number of hydrogen-bond donors (Lipinski definition) is 1. The molecular formula is C13H23N3O2S2.